The Bertz CT molecular complexity index is 1070. The van der Waals surface area contributed by atoms with Crippen molar-refractivity contribution < 1.29 is 65.8 Å². The average Bonchev–Trinajstić information content (AvgIpc) is 2.82. The Morgan fingerprint density at radius 3 is 2.32 bits per heavy atom. The molecule has 0 spiro atoms. The fourth-order valence-electron chi connectivity index (χ4n) is 2.46. The Morgan fingerprint density at radius 2 is 1.81 bits per heavy atom. The maximum atomic E-state index is 13.7. The number of alkyl halides is 1. The Kier molecular flexibility index (Phi) is 7.96. The number of phosphoric acid groups is 3. The van der Waals surface area contributed by atoms with Crippen molar-refractivity contribution in [3.63, 3.8) is 0 Å². The van der Waals surface area contributed by atoms with Gasteiger partial charge in [-0.15, -0.1) is 0 Å². The molecule has 1 saturated heterocycles. The summed E-state index contributed by atoms with van der Waals surface area (Å²) < 4.78 is 64.6. The number of hydrogen-bond acceptors (Lipinski definition) is 11. The van der Waals surface area contributed by atoms with Crippen molar-refractivity contribution in [1.29, 1.82) is 0 Å². The predicted octanol–water partition coefficient (Wildman–Crippen LogP) is -0.792. The predicted molar refractivity (Wildman–Crippen MR) is 96.5 cm³/mol. The first-order valence-electron chi connectivity index (χ1n) is 7.71. The molecular weight excluding hydrogens is 516 g/mol. The second-order valence-electron chi connectivity index (χ2n) is 6.02. The molecule has 0 radical (unpaired) electrons. The van der Waals surface area contributed by atoms with Gasteiger partial charge in [0.15, 0.2) is 11.8 Å². The Hall–Kier alpha value is -0.680. The summed E-state index contributed by atoms with van der Waals surface area (Å²) in [6, 6.07) is 1.21. The number of aliphatic hydroxyl groups is 2. The molecule has 1 aromatic rings. The topological polar surface area (TPSA) is 247 Å². The van der Waals surface area contributed by atoms with Crippen molar-refractivity contribution >= 4 is 35.7 Å². The molecule has 6 atom stereocenters. The summed E-state index contributed by atoms with van der Waals surface area (Å²) >= 11 is 4.74. The number of hydrogen-bond donors (Lipinski definition) is 7. The first-order valence-corrected chi connectivity index (χ1v) is 12.6. The molecular formula is C10H16FN2O14P3S. The molecule has 0 aromatic carbocycles. The minimum Gasteiger partial charge on any atom is -0.387 e. The van der Waals surface area contributed by atoms with E-state index in [1.165, 1.54) is 6.07 Å². The lowest BCUT2D eigenvalue weighted by atomic mass is 9.98. The van der Waals surface area contributed by atoms with E-state index in [0.29, 0.717) is 4.57 Å². The third kappa shape index (κ3) is 6.66. The van der Waals surface area contributed by atoms with Crippen LogP contribution in [-0.2, 0) is 31.6 Å². The molecule has 2 heterocycles. The smallest absolute Gasteiger partial charge is 0.387 e. The van der Waals surface area contributed by atoms with Gasteiger partial charge in [0.25, 0.3) is 0 Å². The number of nitrogens with one attached hydrogen (secondary N) is 1. The van der Waals surface area contributed by atoms with Crippen molar-refractivity contribution in [2.75, 3.05) is 13.3 Å². The van der Waals surface area contributed by atoms with Gasteiger partial charge in [-0.3, -0.25) is 14.1 Å². The zero-order valence-electron chi connectivity index (χ0n) is 14.8. The minimum atomic E-state index is -5.83. The zero-order valence-corrected chi connectivity index (χ0v) is 18.3. The van der Waals surface area contributed by atoms with Crippen LogP contribution in [0.5, 0.6) is 0 Å². The van der Waals surface area contributed by atoms with Crippen LogP contribution in [0.25, 0.3) is 0 Å². The van der Waals surface area contributed by atoms with Crippen molar-refractivity contribution in [2.45, 2.75) is 24.0 Å². The molecule has 1 aliphatic heterocycles. The molecule has 0 aliphatic carbocycles. The Balaban J connectivity index is 2.21. The van der Waals surface area contributed by atoms with Crippen molar-refractivity contribution in [3.8, 4) is 0 Å². The molecule has 16 nitrogen and oxygen atoms in total. The lowest BCUT2D eigenvalue weighted by Gasteiger charge is -2.29. The third-order valence-corrected chi connectivity index (χ3v) is 7.77. The third-order valence-electron chi connectivity index (χ3n) is 3.75. The van der Waals surface area contributed by atoms with Crippen LogP contribution in [0.2, 0.25) is 0 Å². The van der Waals surface area contributed by atoms with Crippen molar-refractivity contribution in [1.82, 2.24) is 9.55 Å². The van der Waals surface area contributed by atoms with E-state index >= 15 is 0 Å². The van der Waals surface area contributed by atoms with Crippen LogP contribution in [0, 0.1) is 4.64 Å². The van der Waals surface area contributed by atoms with E-state index in [0.717, 1.165) is 6.20 Å². The number of rotatable bonds is 9. The molecule has 1 aromatic heterocycles. The van der Waals surface area contributed by atoms with Gasteiger partial charge in [0.05, 0.1) is 6.61 Å². The second-order valence-corrected chi connectivity index (χ2v) is 10.9. The van der Waals surface area contributed by atoms with Crippen molar-refractivity contribution in [2.24, 2.45) is 0 Å². The van der Waals surface area contributed by atoms with Crippen LogP contribution in [0.1, 0.15) is 6.23 Å². The van der Waals surface area contributed by atoms with Crippen molar-refractivity contribution in [3.05, 3.63) is 27.4 Å². The highest BCUT2D eigenvalue weighted by Crippen LogP contribution is 2.66. The first-order chi connectivity index (χ1) is 14.0. The highest BCUT2D eigenvalue weighted by Gasteiger charge is 2.57. The molecule has 0 amide bonds. The van der Waals surface area contributed by atoms with Crippen LogP contribution in [-0.4, -0.2) is 70.4 Å². The van der Waals surface area contributed by atoms with E-state index in [4.69, 9.17) is 31.6 Å². The molecule has 1 fully saturated rings. The molecule has 21 heteroatoms. The monoisotopic (exact) mass is 532 g/mol. The highest BCUT2D eigenvalue weighted by molar-refractivity contribution is 7.71. The summed E-state index contributed by atoms with van der Waals surface area (Å²) in [7, 11) is -17.1. The van der Waals surface area contributed by atoms with Crippen LogP contribution in [0.3, 0.4) is 0 Å². The number of aromatic amines is 1. The standard InChI is InChI=1S/C10H16FN2O14P3S/c11-3-10(4-24-29(20,21)27-30(22,23)26-28(17,18)19)7(15)6(14)8(25-10)13-2-1-5(31)12-9(13)16/h1-2,6-8,14-15H,3-4H2,(H,20,21)(H,22,23)(H,12,16,31)(H2,17,18,19)/t6-,7?,8+,10+/m0/s1. The summed E-state index contributed by atoms with van der Waals surface area (Å²) in [5.74, 6) is 0. The van der Waals surface area contributed by atoms with E-state index in [-0.39, 0.29) is 4.64 Å². The molecule has 31 heavy (non-hydrogen) atoms. The van der Waals surface area contributed by atoms with Gasteiger partial charge >= 0.3 is 29.2 Å². The first kappa shape index (κ1) is 26.6. The number of phosphoric ester groups is 1. The summed E-state index contributed by atoms with van der Waals surface area (Å²) in [4.78, 5) is 49.7. The van der Waals surface area contributed by atoms with E-state index in [1.54, 1.807) is 0 Å². The molecule has 1 aliphatic rings. The van der Waals surface area contributed by atoms with Gasteiger partial charge < -0.3 is 34.5 Å². The van der Waals surface area contributed by atoms with Crippen LogP contribution in [0.4, 0.5) is 4.39 Å². The summed E-state index contributed by atoms with van der Waals surface area (Å²) in [5.41, 5.74) is -3.48. The van der Waals surface area contributed by atoms with Crippen LogP contribution < -0.4 is 5.69 Å². The largest absolute Gasteiger partial charge is 0.490 e. The Morgan fingerprint density at radius 1 is 1.19 bits per heavy atom. The number of aromatic nitrogens is 2. The minimum absolute atomic E-state index is 0.0127. The number of nitrogens with zero attached hydrogens (tertiary/aromatic N) is 1. The lowest BCUT2D eigenvalue weighted by Crippen LogP contribution is -2.48. The molecule has 0 saturated carbocycles. The average molecular weight is 532 g/mol. The van der Waals surface area contributed by atoms with Gasteiger partial charge in [-0.1, -0.05) is 12.2 Å². The quantitative estimate of drug-likeness (QED) is 0.152. The fraction of sp³-hybridized carbons (Fsp3) is 0.600. The molecule has 3 unspecified atom stereocenters. The van der Waals surface area contributed by atoms with Gasteiger partial charge in [0.1, 0.15) is 23.5 Å². The van der Waals surface area contributed by atoms with Gasteiger partial charge in [-0.2, -0.15) is 8.62 Å². The normalized spacial score (nSPS) is 30.6. The second kappa shape index (κ2) is 9.29. The maximum absolute atomic E-state index is 13.7. The zero-order chi connectivity index (χ0) is 23.8. The summed E-state index contributed by atoms with van der Waals surface area (Å²) in [6.07, 6.45) is -4.76. The molecule has 0 bridgehead atoms. The number of halogens is 1. The van der Waals surface area contributed by atoms with Crippen LogP contribution in [0.15, 0.2) is 17.1 Å². The van der Waals surface area contributed by atoms with Gasteiger partial charge in [-0.25, -0.2) is 22.9 Å². The van der Waals surface area contributed by atoms with Gasteiger partial charge in [-0.05, 0) is 6.07 Å². The van der Waals surface area contributed by atoms with Gasteiger partial charge in [0, 0.05) is 6.20 Å². The van der Waals surface area contributed by atoms with E-state index < -0.39 is 66.5 Å². The number of aliphatic hydroxyl groups excluding tert-OH is 2. The Labute approximate surface area is 176 Å². The summed E-state index contributed by atoms with van der Waals surface area (Å²) in [6.45, 7) is -3.05. The number of ether oxygens (including phenoxy) is 1. The molecule has 2 rings (SSSR count). The molecule has 178 valence electrons. The fourth-order valence-corrected chi connectivity index (χ4v) is 5.68. The van der Waals surface area contributed by atoms with Crippen LogP contribution >= 0.6 is 35.7 Å². The number of H-pyrrole nitrogens is 1. The lowest BCUT2D eigenvalue weighted by molar-refractivity contribution is -0.136. The summed E-state index contributed by atoms with van der Waals surface area (Å²) in [5, 5.41) is 20.3. The van der Waals surface area contributed by atoms with E-state index in [9.17, 15) is 38.0 Å². The SMILES string of the molecule is O=c1[nH]c(=S)ccn1[C@@H]1O[C@](CF)(COP(=O)(O)OP(=O)(O)OP(=O)(O)O)C(O)[C@@H]1O. The van der Waals surface area contributed by atoms with Gasteiger partial charge in [0.2, 0.25) is 0 Å². The highest BCUT2D eigenvalue weighted by atomic mass is 32.1. The maximum Gasteiger partial charge on any atom is 0.490 e. The molecule has 7 N–H and O–H groups in total. The van der Waals surface area contributed by atoms with E-state index in [1.807, 2.05) is 0 Å². The van der Waals surface area contributed by atoms with E-state index in [2.05, 4.69) is 18.1 Å².